The molecule has 2 aromatic rings. The van der Waals surface area contributed by atoms with Gasteiger partial charge in [-0.3, -0.25) is 4.79 Å². The lowest BCUT2D eigenvalue weighted by molar-refractivity contribution is 0.104. The molecule has 2 aromatic carbocycles. The van der Waals surface area contributed by atoms with Gasteiger partial charge in [-0.05, 0) is 42.0 Å². The minimum absolute atomic E-state index is 0.0837. The number of phenols is 1. The normalized spacial score (nSPS) is 10.8. The standard InChI is InChI=1S/C15H10ClFO2/c16-14-9-11(17)4-7-13(14)15(19)8-3-10-1-5-12(18)6-2-10/h1-9,18H/b8-3+. The number of rotatable bonds is 3. The van der Waals surface area contributed by atoms with Gasteiger partial charge in [-0.15, -0.1) is 0 Å². The van der Waals surface area contributed by atoms with Crippen LogP contribution in [0, 0.1) is 5.82 Å². The molecule has 0 amide bonds. The van der Waals surface area contributed by atoms with Gasteiger partial charge in [-0.25, -0.2) is 4.39 Å². The monoisotopic (exact) mass is 276 g/mol. The zero-order chi connectivity index (χ0) is 13.8. The molecule has 0 fully saturated rings. The number of benzene rings is 2. The van der Waals surface area contributed by atoms with Crippen LogP contribution in [0.25, 0.3) is 6.08 Å². The second kappa shape index (κ2) is 5.67. The summed E-state index contributed by atoms with van der Waals surface area (Å²) in [7, 11) is 0. The fourth-order valence-corrected chi connectivity index (χ4v) is 1.80. The molecule has 0 saturated heterocycles. The maximum atomic E-state index is 12.9. The van der Waals surface area contributed by atoms with Crippen LogP contribution >= 0.6 is 11.6 Å². The summed E-state index contributed by atoms with van der Waals surface area (Å²) in [6, 6.07) is 10.0. The molecule has 1 N–H and O–H groups in total. The second-order valence-corrected chi connectivity index (χ2v) is 4.32. The molecule has 0 atom stereocenters. The van der Waals surface area contributed by atoms with Crippen molar-refractivity contribution < 1.29 is 14.3 Å². The highest BCUT2D eigenvalue weighted by molar-refractivity contribution is 6.34. The van der Waals surface area contributed by atoms with Crippen LogP contribution in [0.15, 0.2) is 48.5 Å². The fraction of sp³-hybridized carbons (Fsp3) is 0. The van der Waals surface area contributed by atoms with Gasteiger partial charge in [-0.1, -0.05) is 29.8 Å². The summed E-state index contributed by atoms with van der Waals surface area (Å²) in [5.41, 5.74) is 1.02. The smallest absolute Gasteiger partial charge is 0.187 e. The number of halogens is 2. The van der Waals surface area contributed by atoms with E-state index in [2.05, 4.69) is 0 Å². The van der Waals surface area contributed by atoms with E-state index >= 15 is 0 Å². The lowest BCUT2D eigenvalue weighted by atomic mass is 10.1. The highest BCUT2D eigenvalue weighted by Crippen LogP contribution is 2.19. The molecular formula is C15H10ClFO2. The van der Waals surface area contributed by atoms with Gasteiger partial charge in [0.15, 0.2) is 5.78 Å². The third-order valence-electron chi connectivity index (χ3n) is 2.52. The Kier molecular flexibility index (Phi) is 3.97. The SMILES string of the molecule is O=C(/C=C/c1ccc(O)cc1)c1ccc(F)cc1Cl. The van der Waals surface area contributed by atoms with Crippen molar-refractivity contribution in [2.75, 3.05) is 0 Å². The summed E-state index contributed by atoms with van der Waals surface area (Å²) in [6.45, 7) is 0. The first kappa shape index (κ1) is 13.3. The molecule has 0 radical (unpaired) electrons. The van der Waals surface area contributed by atoms with Crippen LogP contribution in [-0.4, -0.2) is 10.9 Å². The van der Waals surface area contributed by atoms with E-state index in [4.69, 9.17) is 16.7 Å². The Labute approximate surface area is 114 Å². The van der Waals surface area contributed by atoms with Gasteiger partial charge in [0.05, 0.1) is 5.02 Å². The number of ketones is 1. The molecule has 0 saturated carbocycles. The predicted molar refractivity (Wildman–Crippen MR) is 72.9 cm³/mol. The molecule has 0 bridgehead atoms. The Hall–Kier alpha value is -2.13. The van der Waals surface area contributed by atoms with Crippen molar-refractivity contribution in [3.05, 3.63) is 70.5 Å². The lowest BCUT2D eigenvalue weighted by Crippen LogP contribution is -1.95. The summed E-state index contributed by atoms with van der Waals surface area (Å²) in [6.07, 6.45) is 2.95. The molecule has 4 heteroatoms. The van der Waals surface area contributed by atoms with Crippen molar-refractivity contribution in [1.82, 2.24) is 0 Å². The third kappa shape index (κ3) is 3.42. The number of hydrogen-bond donors (Lipinski definition) is 1. The first-order chi connectivity index (χ1) is 9.06. The average molecular weight is 277 g/mol. The molecule has 2 nitrogen and oxygen atoms in total. The van der Waals surface area contributed by atoms with E-state index in [0.29, 0.717) is 0 Å². The molecule has 96 valence electrons. The van der Waals surface area contributed by atoms with Crippen molar-refractivity contribution in [1.29, 1.82) is 0 Å². The molecule has 0 unspecified atom stereocenters. The number of allylic oxidation sites excluding steroid dienone is 1. The highest BCUT2D eigenvalue weighted by Gasteiger charge is 2.07. The Morgan fingerprint density at radius 2 is 1.84 bits per heavy atom. The first-order valence-corrected chi connectivity index (χ1v) is 5.90. The van der Waals surface area contributed by atoms with Crippen LogP contribution in [0.3, 0.4) is 0 Å². The summed E-state index contributed by atoms with van der Waals surface area (Å²) in [5.74, 6) is -0.632. The van der Waals surface area contributed by atoms with Crippen molar-refractivity contribution in [3.63, 3.8) is 0 Å². The molecule has 2 rings (SSSR count). The molecular weight excluding hydrogens is 267 g/mol. The van der Waals surface area contributed by atoms with Crippen molar-refractivity contribution in [2.24, 2.45) is 0 Å². The molecule has 0 spiro atoms. The van der Waals surface area contributed by atoms with E-state index in [1.54, 1.807) is 18.2 Å². The Morgan fingerprint density at radius 3 is 2.47 bits per heavy atom. The minimum atomic E-state index is -0.482. The van der Waals surface area contributed by atoms with E-state index in [1.165, 1.54) is 30.3 Å². The first-order valence-electron chi connectivity index (χ1n) is 5.53. The highest BCUT2D eigenvalue weighted by atomic mass is 35.5. The quantitative estimate of drug-likeness (QED) is 0.677. The van der Waals surface area contributed by atoms with Crippen LogP contribution in [-0.2, 0) is 0 Å². The lowest BCUT2D eigenvalue weighted by Gasteiger charge is -1.99. The van der Waals surface area contributed by atoms with E-state index in [9.17, 15) is 9.18 Å². The summed E-state index contributed by atoms with van der Waals surface area (Å²) in [5, 5.41) is 9.21. The van der Waals surface area contributed by atoms with Gasteiger partial charge in [-0.2, -0.15) is 0 Å². The maximum Gasteiger partial charge on any atom is 0.187 e. The molecule has 0 aliphatic heterocycles. The van der Waals surface area contributed by atoms with Crippen LogP contribution in [0.2, 0.25) is 5.02 Å². The van der Waals surface area contributed by atoms with Crippen LogP contribution in [0.5, 0.6) is 5.75 Å². The van der Waals surface area contributed by atoms with E-state index in [0.717, 1.165) is 11.6 Å². The van der Waals surface area contributed by atoms with Crippen molar-refractivity contribution in [2.45, 2.75) is 0 Å². The number of carbonyl (C=O) groups excluding carboxylic acids is 1. The number of hydrogen-bond acceptors (Lipinski definition) is 2. The van der Waals surface area contributed by atoms with E-state index < -0.39 is 5.82 Å². The largest absolute Gasteiger partial charge is 0.508 e. The average Bonchev–Trinajstić information content (AvgIpc) is 2.37. The summed E-state index contributed by atoms with van der Waals surface area (Å²) in [4.78, 5) is 11.9. The second-order valence-electron chi connectivity index (χ2n) is 3.91. The molecule has 19 heavy (non-hydrogen) atoms. The van der Waals surface area contributed by atoms with Crippen molar-refractivity contribution >= 4 is 23.5 Å². The number of carbonyl (C=O) groups is 1. The zero-order valence-corrected chi connectivity index (χ0v) is 10.6. The Morgan fingerprint density at radius 1 is 1.16 bits per heavy atom. The number of aromatic hydroxyl groups is 1. The Balaban J connectivity index is 2.18. The molecule has 0 aliphatic carbocycles. The van der Waals surface area contributed by atoms with Gasteiger partial charge in [0.25, 0.3) is 0 Å². The summed E-state index contributed by atoms with van der Waals surface area (Å²) >= 11 is 5.80. The van der Waals surface area contributed by atoms with Gasteiger partial charge in [0, 0.05) is 5.56 Å². The van der Waals surface area contributed by atoms with Gasteiger partial charge < -0.3 is 5.11 Å². The fourth-order valence-electron chi connectivity index (χ4n) is 1.54. The van der Waals surface area contributed by atoms with E-state index in [1.807, 2.05) is 0 Å². The topological polar surface area (TPSA) is 37.3 Å². The van der Waals surface area contributed by atoms with Crippen molar-refractivity contribution in [3.8, 4) is 5.75 Å². The van der Waals surface area contributed by atoms with Gasteiger partial charge >= 0.3 is 0 Å². The van der Waals surface area contributed by atoms with Crippen LogP contribution in [0.4, 0.5) is 4.39 Å². The van der Waals surface area contributed by atoms with Crippen LogP contribution < -0.4 is 0 Å². The number of phenolic OH excluding ortho intramolecular Hbond substituents is 1. The van der Waals surface area contributed by atoms with Gasteiger partial charge in [0.1, 0.15) is 11.6 Å². The van der Waals surface area contributed by atoms with Crippen LogP contribution in [0.1, 0.15) is 15.9 Å². The zero-order valence-electron chi connectivity index (χ0n) is 9.81. The molecule has 0 aromatic heterocycles. The van der Waals surface area contributed by atoms with E-state index in [-0.39, 0.29) is 22.1 Å². The molecule has 0 aliphatic rings. The minimum Gasteiger partial charge on any atom is -0.508 e. The predicted octanol–water partition coefficient (Wildman–Crippen LogP) is 4.08. The van der Waals surface area contributed by atoms with Gasteiger partial charge in [0.2, 0.25) is 0 Å². The Bertz CT molecular complexity index is 633. The maximum absolute atomic E-state index is 12.9. The third-order valence-corrected chi connectivity index (χ3v) is 2.83. The summed E-state index contributed by atoms with van der Waals surface area (Å²) < 4.78 is 12.9. The molecule has 0 heterocycles.